The van der Waals surface area contributed by atoms with Gasteiger partial charge in [0.05, 0.1) is 18.2 Å². The van der Waals surface area contributed by atoms with Crippen LogP contribution in [-0.4, -0.2) is 34.9 Å². The lowest BCUT2D eigenvalue weighted by Crippen LogP contribution is -2.35. The topological polar surface area (TPSA) is 98.1 Å². The first-order valence-electron chi connectivity index (χ1n) is 8.86. The number of hydrogen-bond donors (Lipinski definition) is 2. The van der Waals surface area contributed by atoms with Crippen LogP contribution in [0.15, 0.2) is 29.6 Å². The number of nitrogens with zero attached hydrogens (tertiary/aromatic N) is 3. The van der Waals surface area contributed by atoms with Crippen molar-refractivity contribution in [3.05, 3.63) is 45.9 Å². The maximum atomic E-state index is 12.6. The van der Waals surface area contributed by atoms with Crippen LogP contribution in [-0.2, 0) is 6.54 Å². The van der Waals surface area contributed by atoms with Gasteiger partial charge in [-0.3, -0.25) is 4.79 Å². The van der Waals surface area contributed by atoms with Crippen LogP contribution in [0.1, 0.15) is 47.7 Å². The predicted octanol–water partition coefficient (Wildman–Crippen LogP) is 3.60. The summed E-state index contributed by atoms with van der Waals surface area (Å²) in [6.07, 6.45) is 1.67. The van der Waals surface area contributed by atoms with E-state index in [4.69, 9.17) is 5.26 Å². The third-order valence-corrected chi connectivity index (χ3v) is 4.53. The number of nitrogens with one attached hydrogen (secondary N) is 2. The molecule has 27 heavy (non-hydrogen) atoms. The molecule has 0 fully saturated rings. The van der Waals surface area contributed by atoms with Gasteiger partial charge in [0.2, 0.25) is 0 Å². The Kier molecular flexibility index (Phi) is 7.77. The summed E-state index contributed by atoms with van der Waals surface area (Å²) in [5, 5.41) is 16.9. The lowest BCUT2D eigenvalue weighted by molar-refractivity contribution is 0.0949. The van der Waals surface area contributed by atoms with Crippen LogP contribution in [0.3, 0.4) is 0 Å². The van der Waals surface area contributed by atoms with Crippen molar-refractivity contribution < 1.29 is 9.59 Å². The van der Waals surface area contributed by atoms with Crippen molar-refractivity contribution in [3.63, 3.8) is 0 Å². The number of nitriles is 1. The van der Waals surface area contributed by atoms with Crippen LogP contribution in [0.5, 0.6) is 0 Å². The van der Waals surface area contributed by atoms with E-state index in [9.17, 15) is 9.59 Å². The van der Waals surface area contributed by atoms with Gasteiger partial charge in [-0.15, -0.1) is 11.3 Å². The number of anilines is 1. The van der Waals surface area contributed by atoms with Gasteiger partial charge >= 0.3 is 6.03 Å². The van der Waals surface area contributed by atoms with Gasteiger partial charge in [0.25, 0.3) is 5.91 Å². The number of urea groups is 1. The van der Waals surface area contributed by atoms with Crippen molar-refractivity contribution >= 4 is 29.0 Å². The third-order valence-electron chi connectivity index (χ3n) is 3.69. The molecule has 8 heteroatoms. The Bertz CT molecular complexity index is 810. The van der Waals surface area contributed by atoms with Crippen LogP contribution >= 0.6 is 11.3 Å². The van der Waals surface area contributed by atoms with Gasteiger partial charge in [0, 0.05) is 24.2 Å². The lowest BCUT2D eigenvalue weighted by atomic mass is 10.2. The average Bonchev–Trinajstić information content (AvgIpc) is 3.15. The molecule has 0 radical (unpaired) electrons. The summed E-state index contributed by atoms with van der Waals surface area (Å²) >= 11 is 1.36. The normalized spacial score (nSPS) is 10.1. The fourth-order valence-electron chi connectivity index (χ4n) is 2.33. The van der Waals surface area contributed by atoms with Gasteiger partial charge in [-0.25, -0.2) is 9.78 Å². The van der Waals surface area contributed by atoms with Crippen molar-refractivity contribution in [1.82, 2.24) is 15.2 Å². The minimum Gasteiger partial charge on any atom is -0.351 e. The standard InChI is InChI=1S/C19H23N5O2S/c1-3-9-21-18(25)16-13-27-17(23-16)12-24(10-4-2)19(26)22-15-7-5-14(11-20)6-8-15/h5-8,13H,3-4,9-10,12H2,1-2H3,(H,21,25)(H,22,26). The molecular weight excluding hydrogens is 362 g/mol. The Labute approximate surface area is 163 Å². The largest absolute Gasteiger partial charge is 0.351 e. The van der Waals surface area contributed by atoms with Crippen LogP contribution in [0, 0.1) is 11.3 Å². The highest BCUT2D eigenvalue weighted by molar-refractivity contribution is 7.09. The van der Waals surface area contributed by atoms with E-state index >= 15 is 0 Å². The second kappa shape index (κ2) is 10.3. The van der Waals surface area contributed by atoms with Crippen LogP contribution in [0.25, 0.3) is 0 Å². The second-order valence-electron chi connectivity index (χ2n) is 5.92. The Balaban J connectivity index is 2.01. The van der Waals surface area contributed by atoms with E-state index in [-0.39, 0.29) is 11.9 Å². The predicted molar refractivity (Wildman–Crippen MR) is 106 cm³/mol. The molecule has 3 amide bonds. The molecule has 0 spiro atoms. The third kappa shape index (κ3) is 6.08. The van der Waals surface area contributed by atoms with Crippen molar-refractivity contribution in [2.45, 2.75) is 33.2 Å². The second-order valence-corrected chi connectivity index (χ2v) is 6.87. The van der Waals surface area contributed by atoms with Crippen molar-refractivity contribution in [2.24, 2.45) is 0 Å². The van der Waals surface area contributed by atoms with Gasteiger partial charge in [-0.1, -0.05) is 13.8 Å². The maximum Gasteiger partial charge on any atom is 0.322 e. The zero-order valence-corrected chi connectivity index (χ0v) is 16.3. The molecule has 2 rings (SSSR count). The Hall–Kier alpha value is -2.92. The van der Waals surface area contributed by atoms with Crippen LogP contribution in [0.2, 0.25) is 0 Å². The Morgan fingerprint density at radius 3 is 2.59 bits per heavy atom. The zero-order valence-electron chi connectivity index (χ0n) is 15.5. The van der Waals surface area contributed by atoms with E-state index in [0.29, 0.717) is 41.6 Å². The fourth-order valence-corrected chi connectivity index (χ4v) is 3.12. The minimum atomic E-state index is -0.242. The quantitative estimate of drug-likeness (QED) is 0.725. The first-order chi connectivity index (χ1) is 13.1. The summed E-state index contributed by atoms with van der Waals surface area (Å²) in [5.74, 6) is -0.191. The highest BCUT2D eigenvalue weighted by Gasteiger charge is 2.17. The van der Waals surface area contributed by atoms with E-state index in [1.54, 1.807) is 34.5 Å². The lowest BCUT2D eigenvalue weighted by Gasteiger charge is -2.21. The average molecular weight is 385 g/mol. The molecule has 0 bridgehead atoms. The Morgan fingerprint density at radius 1 is 1.22 bits per heavy atom. The zero-order chi connectivity index (χ0) is 19.6. The molecule has 0 unspecified atom stereocenters. The number of carbonyl (C=O) groups is 2. The van der Waals surface area contributed by atoms with Gasteiger partial charge in [0.15, 0.2) is 0 Å². The molecule has 1 heterocycles. The van der Waals surface area contributed by atoms with Crippen molar-refractivity contribution in [1.29, 1.82) is 5.26 Å². The smallest absolute Gasteiger partial charge is 0.322 e. The molecule has 2 aromatic rings. The molecule has 142 valence electrons. The molecule has 2 N–H and O–H groups in total. The highest BCUT2D eigenvalue weighted by atomic mass is 32.1. The van der Waals surface area contributed by atoms with Crippen molar-refractivity contribution in [2.75, 3.05) is 18.4 Å². The summed E-state index contributed by atoms with van der Waals surface area (Å²) in [6.45, 7) is 5.50. The van der Waals surface area contributed by atoms with E-state index in [1.165, 1.54) is 11.3 Å². The number of amides is 3. The van der Waals surface area contributed by atoms with E-state index in [0.717, 1.165) is 12.8 Å². The van der Waals surface area contributed by atoms with E-state index in [2.05, 4.69) is 15.6 Å². The monoisotopic (exact) mass is 385 g/mol. The molecule has 0 saturated heterocycles. The molecule has 1 aromatic carbocycles. The van der Waals surface area contributed by atoms with Gasteiger partial charge in [-0.2, -0.15) is 5.26 Å². The van der Waals surface area contributed by atoms with Crippen LogP contribution < -0.4 is 10.6 Å². The first-order valence-corrected chi connectivity index (χ1v) is 9.74. The van der Waals surface area contributed by atoms with E-state index in [1.807, 2.05) is 19.9 Å². The summed E-state index contributed by atoms with van der Waals surface area (Å²) < 4.78 is 0. The number of benzene rings is 1. The number of thiazole rings is 1. The Morgan fingerprint density at radius 2 is 1.96 bits per heavy atom. The SMILES string of the molecule is CCCNC(=O)c1csc(CN(CCC)C(=O)Nc2ccc(C#N)cc2)n1. The van der Waals surface area contributed by atoms with Gasteiger partial charge in [0.1, 0.15) is 10.7 Å². The molecule has 0 aliphatic heterocycles. The highest BCUT2D eigenvalue weighted by Crippen LogP contribution is 2.15. The van der Waals surface area contributed by atoms with Gasteiger partial charge < -0.3 is 15.5 Å². The molecule has 0 saturated carbocycles. The van der Waals surface area contributed by atoms with Crippen molar-refractivity contribution in [3.8, 4) is 6.07 Å². The fraction of sp³-hybridized carbons (Fsp3) is 0.368. The first kappa shape index (κ1) is 20.4. The van der Waals surface area contributed by atoms with Gasteiger partial charge in [-0.05, 0) is 37.1 Å². The minimum absolute atomic E-state index is 0.191. The molecule has 0 aliphatic rings. The molecule has 1 aromatic heterocycles. The summed E-state index contributed by atoms with van der Waals surface area (Å²) in [6, 6.07) is 8.50. The molecular formula is C19H23N5O2S. The maximum absolute atomic E-state index is 12.6. The number of hydrogen-bond acceptors (Lipinski definition) is 5. The molecule has 0 aliphatic carbocycles. The van der Waals surface area contributed by atoms with Crippen LogP contribution in [0.4, 0.5) is 10.5 Å². The molecule has 7 nitrogen and oxygen atoms in total. The molecule has 0 atom stereocenters. The number of carbonyl (C=O) groups excluding carboxylic acids is 2. The van der Waals surface area contributed by atoms with E-state index < -0.39 is 0 Å². The summed E-state index contributed by atoms with van der Waals surface area (Å²) in [4.78, 5) is 30.6. The summed E-state index contributed by atoms with van der Waals surface area (Å²) in [7, 11) is 0. The number of rotatable bonds is 8. The summed E-state index contributed by atoms with van der Waals surface area (Å²) in [5.41, 5.74) is 1.54. The number of aromatic nitrogens is 1.